The van der Waals surface area contributed by atoms with E-state index in [1.165, 1.54) is 5.56 Å². The number of nitrogens with one attached hydrogen (secondary N) is 1. The number of carbonyl (C=O) groups excluding carboxylic acids is 1. The summed E-state index contributed by atoms with van der Waals surface area (Å²) in [6.07, 6.45) is 0. The highest BCUT2D eigenvalue weighted by molar-refractivity contribution is 6.77. The molecule has 1 rings (SSSR count). The lowest BCUT2D eigenvalue weighted by atomic mass is 9.95. The van der Waals surface area contributed by atoms with Gasteiger partial charge in [-0.15, -0.1) is 0 Å². The lowest BCUT2D eigenvalue weighted by Gasteiger charge is -2.28. The summed E-state index contributed by atoms with van der Waals surface area (Å²) < 4.78 is 0. The Bertz CT molecular complexity index is 455. The van der Waals surface area contributed by atoms with Crippen molar-refractivity contribution in [3.8, 4) is 0 Å². The van der Waals surface area contributed by atoms with Crippen LogP contribution in [0.3, 0.4) is 0 Å². The van der Waals surface area contributed by atoms with Crippen molar-refractivity contribution in [3.05, 3.63) is 29.8 Å². The number of benzene rings is 1. The molecular weight excluding hydrogens is 250 g/mol. The number of amides is 1. The molecular formula is C16H27NOSi. The van der Waals surface area contributed by atoms with Gasteiger partial charge >= 0.3 is 0 Å². The molecule has 2 nitrogen and oxygen atoms in total. The minimum absolute atomic E-state index is 0.0720. The maximum atomic E-state index is 12.2. The Hall–Kier alpha value is -1.09. The minimum Gasteiger partial charge on any atom is -0.325 e. The number of para-hydroxylation sites is 1. The first kappa shape index (κ1) is 16.0. The smallest absolute Gasteiger partial charge is 0.229 e. The fraction of sp³-hybridized carbons (Fsp3) is 0.562. The van der Waals surface area contributed by atoms with Crippen molar-refractivity contribution in [2.24, 2.45) is 5.41 Å². The Morgan fingerprint density at radius 3 is 2.16 bits per heavy atom. The first-order valence-corrected chi connectivity index (χ1v) is 10.5. The molecule has 0 radical (unpaired) electrons. The molecule has 0 unspecified atom stereocenters. The third-order valence-electron chi connectivity index (χ3n) is 3.66. The first-order valence-electron chi connectivity index (χ1n) is 6.94. The van der Waals surface area contributed by atoms with E-state index in [-0.39, 0.29) is 11.3 Å². The second-order valence-corrected chi connectivity index (χ2v) is 13.0. The summed E-state index contributed by atoms with van der Waals surface area (Å²) in [4.78, 5) is 12.2. The predicted octanol–water partition coefficient (Wildman–Crippen LogP) is 4.65. The lowest BCUT2D eigenvalue weighted by molar-refractivity contribution is -0.123. The van der Waals surface area contributed by atoms with E-state index in [9.17, 15) is 4.79 Å². The van der Waals surface area contributed by atoms with Gasteiger partial charge in [-0.2, -0.15) is 0 Å². The van der Waals surface area contributed by atoms with Gasteiger partial charge in [0.15, 0.2) is 0 Å². The third-order valence-corrected chi connectivity index (χ3v) is 6.56. The lowest BCUT2D eigenvalue weighted by Crippen LogP contribution is -2.31. The second-order valence-electron chi connectivity index (χ2n) is 7.38. The van der Waals surface area contributed by atoms with Crippen LogP contribution in [0.2, 0.25) is 19.6 Å². The topological polar surface area (TPSA) is 29.1 Å². The Kier molecular flexibility index (Phi) is 4.61. The molecule has 0 bridgehead atoms. The van der Waals surface area contributed by atoms with Gasteiger partial charge in [0.2, 0.25) is 5.91 Å². The summed E-state index contributed by atoms with van der Waals surface area (Å²) in [7, 11) is -1.28. The summed E-state index contributed by atoms with van der Waals surface area (Å²) in [6.45, 7) is 15.2. The van der Waals surface area contributed by atoms with Gasteiger partial charge < -0.3 is 5.32 Å². The van der Waals surface area contributed by atoms with Crippen molar-refractivity contribution in [1.29, 1.82) is 0 Å². The highest BCUT2D eigenvalue weighted by Crippen LogP contribution is 2.32. The zero-order chi connectivity index (χ0) is 14.8. The van der Waals surface area contributed by atoms with Gasteiger partial charge in [-0.25, -0.2) is 0 Å². The first-order chi connectivity index (χ1) is 8.53. The molecule has 106 valence electrons. The minimum atomic E-state index is -1.28. The van der Waals surface area contributed by atoms with Crippen LogP contribution in [-0.4, -0.2) is 14.0 Å². The van der Waals surface area contributed by atoms with Crippen LogP contribution in [0.4, 0.5) is 5.69 Å². The maximum absolute atomic E-state index is 12.2. The Labute approximate surface area is 118 Å². The molecule has 1 aromatic rings. The molecule has 0 spiro atoms. The van der Waals surface area contributed by atoms with Crippen molar-refractivity contribution in [2.45, 2.75) is 52.9 Å². The quantitative estimate of drug-likeness (QED) is 0.800. The van der Waals surface area contributed by atoms with Crippen LogP contribution in [0.1, 0.15) is 38.8 Å². The largest absolute Gasteiger partial charge is 0.325 e. The predicted molar refractivity (Wildman–Crippen MR) is 86.3 cm³/mol. The second kappa shape index (κ2) is 5.49. The van der Waals surface area contributed by atoms with Gasteiger partial charge in [0, 0.05) is 11.1 Å². The molecule has 0 aromatic heterocycles. The number of anilines is 1. The molecule has 0 saturated carbocycles. The van der Waals surface area contributed by atoms with Crippen molar-refractivity contribution < 1.29 is 4.79 Å². The van der Waals surface area contributed by atoms with Gasteiger partial charge in [-0.05, 0) is 17.2 Å². The van der Waals surface area contributed by atoms with Crippen LogP contribution in [0, 0.1) is 5.41 Å². The molecule has 1 N–H and O–H groups in total. The standard InChI is InChI=1S/C16H27NOSi/c1-12(19(5,6)7)13-10-8-9-11-14(13)17-15(18)16(2,3)4/h8-12H,1-7H3,(H,17,18)/t12-/m0/s1. The molecule has 0 aliphatic rings. The highest BCUT2D eigenvalue weighted by atomic mass is 28.3. The molecule has 1 amide bonds. The summed E-state index contributed by atoms with van der Waals surface area (Å²) in [5, 5.41) is 3.09. The van der Waals surface area contributed by atoms with Crippen molar-refractivity contribution >= 4 is 19.7 Å². The zero-order valence-corrected chi connectivity index (χ0v) is 14.3. The summed E-state index contributed by atoms with van der Waals surface area (Å²) >= 11 is 0. The van der Waals surface area contributed by atoms with Crippen molar-refractivity contribution in [2.75, 3.05) is 5.32 Å². The highest BCUT2D eigenvalue weighted by Gasteiger charge is 2.27. The van der Waals surface area contributed by atoms with E-state index in [0.29, 0.717) is 5.54 Å². The average molecular weight is 277 g/mol. The van der Waals surface area contributed by atoms with Gasteiger partial charge in [0.1, 0.15) is 0 Å². The van der Waals surface area contributed by atoms with E-state index in [0.717, 1.165) is 5.69 Å². The van der Waals surface area contributed by atoms with Gasteiger partial charge in [0.05, 0.1) is 8.07 Å². The molecule has 0 aliphatic carbocycles. The van der Waals surface area contributed by atoms with Crippen LogP contribution >= 0.6 is 0 Å². The molecule has 0 aliphatic heterocycles. The van der Waals surface area contributed by atoms with Crippen LogP contribution in [0.25, 0.3) is 0 Å². The molecule has 19 heavy (non-hydrogen) atoms. The maximum Gasteiger partial charge on any atom is 0.229 e. The fourth-order valence-corrected chi connectivity index (χ4v) is 2.95. The monoisotopic (exact) mass is 277 g/mol. The van der Waals surface area contributed by atoms with E-state index >= 15 is 0 Å². The van der Waals surface area contributed by atoms with Gasteiger partial charge in [-0.3, -0.25) is 4.79 Å². The van der Waals surface area contributed by atoms with Gasteiger partial charge in [0.25, 0.3) is 0 Å². The van der Waals surface area contributed by atoms with Gasteiger partial charge in [-0.1, -0.05) is 65.5 Å². The zero-order valence-electron chi connectivity index (χ0n) is 13.3. The summed E-state index contributed by atoms with van der Waals surface area (Å²) in [6, 6.07) is 8.19. The van der Waals surface area contributed by atoms with E-state index in [1.54, 1.807) is 0 Å². The van der Waals surface area contributed by atoms with Crippen LogP contribution in [0.5, 0.6) is 0 Å². The normalized spacial score (nSPS) is 14.1. The molecule has 1 atom stereocenters. The fourth-order valence-electron chi connectivity index (χ4n) is 1.76. The van der Waals surface area contributed by atoms with Crippen LogP contribution in [-0.2, 0) is 4.79 Å². The van der Waals surface area contributed by atoms with Crippen molar-refractivity contribution in [1.82, 2.24) is 0 Å². The SMILES string of the molecule is C[C@@H](c1ccccc1NC(=O)C(C)(C)C)[Si](C)(C)C. The van der Waals surface area contributed by atoms with E-state index in [2.05, 4.69) is 44.0 Å². The van der Waals surface area contributed by atoms with E-state index in [1.807, 2.05) is 32.9 Å². The third kappa shape index (κ3) is 4.20. The molecule has 0 fully saturated rings. The van der Waals surface area contributed by atoms with Crippen LogP contribution in [0.15, 0.2) is 24.3 Å². The van der Waals surface area contributed by atoms with E-state index < -0.39 is 8.07 Å². The number of hydrogen-bond donors (Lipinski definition) is 1. The Morgan fingerprint density at radius 1 is 1.16 bits per heavy atom. The van der Waals surface area contributed by atoms with Crippen molar-refractivity contribution in [3.63, 3.8) is 0 Å². The Balaban J connectivity index is 3.07. The Morgan fingerprint density at radius 2 is 1.68 bits per heavy atom. The number of rotatable bonds is 3. The van der Waals surface area contributed by atoms with Crippen LogP contribution < -0.4 is 5.32 Å². The molecule has 0 saturated heterocycles. The molecule has 0 heterocycles. The molecule has 1 aromatic carbocycles. The van der Waals surface area contributed by atoms with E-state index in [4.69, 9.17) is 0 Å². The average Bonchev–Trinajstić information content (AvgIpc) is 2.26. The number of hydrogen-bond acceptors (Lipinski definition) is 1. The number of carbonyl (C=O) groups is 1. The summed E-state index contributed by atoms with van der Waals surface area (Å²) in [5.74, 6) is 0.0720. The molecule has 3 heteroatoms. The summed E-state index contributed by atoms with van der Waals surface area (Å²) in [5.41, 5.74) is 2.38.